The van der Waals surface area contributed by atoms with E-state index in [-0.39, 0.29) is 17.1 Å². The van der Waals surface area contributed by atoms with E-state index in [1.54, 1.807) is 0 Å². The number of alkyl halides is 3. The zero-order valence-electron chi connectivity index (χ0n) is 10.7. The van der Waals surface area contributed by atoms with Crippen molar-refractivity contribution in [2.75, 3.05) is 17.6 Å². The van der Waals surface area contributed by atoms with Crippen LogP contribution < -0.4 is 11.1 Å². The second-order valence-electron chi connectivity index (χ2n) is 5.40. The van der Waals surface area contributed by atoms with E-state index in [0.717, 1.165) is 18.6 Å². The molecule has 0 aliphatic heterocycles. The molecular formula is C12H18F3N3. The van der Waals surface area contributed by atoms with Crippen molar-refractivity contribution in [3.63, 3.8) is 0 Å². The van der Waals surface area contributed by atoms with Crippen LogP contribution in [0.3, 0.4) is 0 Å². The van der Waals surface area contributed by atoms with Crippen LogP contribution >= 0.6 is 0 Å². The lowest BCUT2D eigenvalue weighted by Gasteiger charge is -2.18. The molecule has 1 rings (SSSR count). The number of hydrogen-bond acceptors (Lipinski definition) is 3. The van der Waals surface area contributed by atoms with Crippen LogP contribution in [0.5, 0.6) is 0 Å². The summed E-state index contributed by atoms with van der Waals surface area (Å²) >= 11 is 0. The second kappa shape index (κ2) is 5.04. The van der Waals surface area contributed by atoms with Gasteiger partial charge in [0.1, 0.15) is 11.6 Å². The molecule has 3 N–H and O–H groups in total. The second-order valence-corrected chi connectivity index (χ2v) is 5.40. The van der Waals surface area contributed by atoms with Crippen LogP contribution in [0.2, 0.25) is 0 Å². The zero-order chi connectivity index (χ0) is 14.0. The number of nitrogen functional groups attached to an aromatic ring is 1. The van der Waals surface area contributed by atoms with Gasteiger partial charge in [-0.25, -0.2) is 4.98 Å². The van der Waals surface area contributed by atoms with Crippen molar-refractivity contribution in [3.8, 4) is 0 Å². The van der Waals surface area contributed by atoms with Crippen LogP contribution in [0, 0.1) is 5.41 Å². The summed E-state index contributed by atoms with van der Waals surface area (Å²) in [5, 5.41) is 2.86. The van der Waals surface area contributed by atoms with E-state index in [9.17, 15) is 13.2 Å². The number of nitrogens with two attached hydrogens (primary N) is 1. The summed E-state index contributed by atoms with van der Waals surface area (Å²) in [4.78, 5) is 3.83. The number of hydrogen-bond donors (Lipinski definition) is 2. The first kappa shape index (κ1) is 14.6. The van der Waals surface area contributed by atoms with Crippen LogP contribution in [-0.2, 0) is 6.18 Å². The average molecular weight is 261 g/mol. The normalized spacial score (nSPS) is 12.6. The van der Waals surface area contributed by atoms with Gasteiger partial charge in [0, 0.05) is 6.54 Å². The minimum Gasteiger partial charge on any atom is -0.384 e. The molecule has 0 unspecified atom stereocenters. The van der Waals surface area contributed by atoms with Crippen LogP contribution in [0.25, 0.3) is 0 Å². The summed E-state index contributed by atoms with van der Waals surface area (Å²) in [6.45, 7) is 6.73. The zero-order valence-corrected chi connectivity index (χ0v) is 10.7. The summed E-state index contributed by atoms with van der Waals surface area (Å²) in [5.41, 5.74) is 4.69. The van der Waals surface area contributed by atoms with Gasteiger partial charge in [0.25, 0.3) is 0 Å². The molecule has 0 saturated carbocycles. The van der Waals surface area contributed by atoms with E-state index in [0.29, 0.717) is 6.54 Å². The van der Waals surface area contributed by atoms with Crippen molar-refractivity contribution >= 4 is 11.6 Å². The van der Waals surface area contributed by atoms with Crippen molar-refractivity contribution in [2.45, 2.75) is 33.4 Å². The third kappa shape index (κ3) is 4.81. The highest BCUT2D eigenvalue weighted by Crippen LogP contribution is 2.31. The Morgan fingerprint density at radius 2 is 1.83 bits per heavy atom. The molecule has 0 aliphatic rings. The fourth-order valence-corrected chi connectivity index (χ4v) is 1.37. The van der Waals surface area contributed by atoms with Gasteiger partial charge >= 0.3 is 6.18 Å². The van der Waals surface area contributed by atoms with Gasteiger partial charge in [-0.05, 0) is 24.0 Å². The lowest BCUT2D eigenvalue weighted by Crippen LogP contribution is -2.15. The van der Waals surface area contributed by atoms with Gasteiger partial charge in [-0.1, -0.05) is 20.8 Å². The molecule has 102 valence electrons. The van der Waals surface area contributed by atoms with Crippen molar-refractivity contribution < 1.29 is 13.2 Å². The number of nitrogens with zero attached hydrogens (tertiary/aromatic N) is 1. The lowest BCUT2D eigenvalue weighted by molar-refractivity contribution is -0.137. The van der Waals surface area contributed by atoms with Gasteiger partial charge in [0.15, 0.2) is 0 Å². The van der Waals surface area contributed by atoms with Crippen molar-refractivity contribution in [3.05, 3.63) is 17.7 Å². The van der Waals surface area contributed by atoms with E-state index in [4.69, 9.17) is 5.73 Å². The fourth-order valence-electron chi connectivity index (χ4n) is 1.37. The number of aromatic nitrogens is 1. The Labute approximate surface area is 105 Å². The number of nitrogens with one attached hydrogen (secondary N) is 1. The summed E-state index contributed by atoms with van der Waals surface area (Å²) in [5.74, 6) is 0.0228. The van der Waals surface area contributed by atoms with Crippen molar-refractivity contribution in [1.82, 2.24) is 4.98 Å². The summed E-state index contributed by atoms with van der Waals surface area (Å²) in [6.07, 6.45) is -3.58. The molecule has 0 aromatic carbocycles. The Morgan fingerprint density at radius 3 is 2.33 bits per heavy atom. The fraction of sp³-hybridized carbons (Fsp3) is 0.583. The van der Waals surface area contributed by atoms with E-state index in [1.165, 1.54) is 0 Å². The maximum Gasteiger partial charge on any atom is 0.416 e. The lowest BCUT2D eigenvalue weighted by atomic mass is 9.92. The SMILES string of the molecule is CC(C)(C)CCNc1cc(C(F)(F)F)cc(N)n1. The number of halogens is 3. The van der Waals surface area contributed by atoms with Crippen LogP contribution in [0.15, 0.2) is 12.1 Å². The molecule has 3 nitrogen and oxygen atoms in total. The highest BCUT2D eigenvalue weighted by Gasteiger charge is 2.31. The van der Waals surface area contributed by atoms with E-state index in [2.05, 4.69) is 31.1 Å². The highest BCUT2D eigenvalue weighted by atomic mass is 19.4. The predicted octanol–water partition coefficient (Wildman–Crippen LogP) is 3.53. The van der Waals surface area contributed by atoms with E-state index in [1.807, 2.05) is 0 Å². The molecular weight excluding hydrogens is 243 g/mol. The maximum atomic E-state index is 12.5. The molecule has 0 bridgehead atoms. The summed E-state index contributed by atoms with van der Waals surface area (Å²) in [7, 11) is 0. The molecule has 1 aromatic rings. The number of rotatable bonds is 3. The molecule has 0 spiro atoms. The first-order valence-corrected chi connectivity index (χ1v) is 5.66. The average Bonchev–Trinajstić information content (AvgIpc) is 2.13. The monoisotopic (exact) mass is 261 g/mol. The standard InChI is InChI=1S/C12H18F3N3/c1-11(2,3)4-5-17-10-7-8(12(13,14)15)6-9(16)18-10/h6-7H,4-5H2,1-3H3,(H3,16,17,18). The first-order valence-electron chi connectivity index (χ1n) is 5.66. The van der Waals surface area contributed by atoms with Gasteiger partial charge in [0.05, 0.1) is 5.56 Å². The number of anilines is 2. The van der Waals surface area contributed by atoms with Gasteiger partial charge in [-0.2, -0.15) is 13.2 Å². The Kier molecular flexibility index (Phi) is 4.09. The molecule has 0 aliphatic carbocycles. The third-order valence-electron chi connectivity index (χ3n) is 2.35. The van der Waals surface area contributed by atoms with Gasteiger partial charge in [-0.3, -0.25) is 0 Å². The van der Waals surface area contributed by atoms with Gasteiger partial charge in [-0.15, -0.1) is 0 Å². The molecule has 0 fully saturated rings. The molecule has 0 atom stereocenters. The highest BCUT2D eigenvalue weighted by molar-refractivity contribution is 5.47. The summed E-state index contributed by atoms with van der Waals surface area (Å²) < 4.78 is 37.6. The predicted molar refractivity (Wildman–Crippen MR) is 66.2 cm³/mol. The van der Waals surface area contributed by atoms with Gasteiger partial charge in [0.2, 0.25) is 0 Å². The molecule has 1 heterocycles. The van der Waals surface area contributed by atoms with E-state index >= 15 is 0 Å². The molecule has 0 saturated heterocycles. The quantitative estimate of drug-likeness (QED) is 0.875. The topological polar surface area (TPSA) is 50.9 Å². The van der Waals surface area contributed by atoms with E-state index < -0.39 is 11.7 Å². The molecule has 1 aromatic heterocycles. The Hall–Kier alpha value is -1.46. The Bertz CT molecular complexity index is 408. The molecule has 0 radical (unpaired) electrons. The largest absolute Gasteiger partial charge is 0.416 e. The minimum atomic E-state index is -4.41. The Balaban J connectivity index is 2.75. The Morgan fingerprint density at radius 1 is 1.22 bits per heavy atom. The smallest absolute Gasteiger partial charge is 0.384 e. The molecule has 18 heavy (non-hydrogen) atoms. The third-order valence-corrected chi connectivity index (χ3v) is 2.35. The number of pyridine rings is 1. The minimum absolute atomic E-state index is 0.111. The van der Waals surface area contributed by atoms with Crippen LogP contribution in [-0.4, -0.2) is 11.5 Å². The van der Waals surface area contributed by atoms with Crippen molar-refractivity contribution in [2.24, 2.45) is 5.41 Å². The summed E-state index contributed by atoms with van der Waals surface area (Å²) in [6, 6.07) is 1.80. The van der Waals surface area contributed by atoms with Crippen molar-refractivity contribution in [1.29, 1.82) is 0 Å². The maximum absolute atomic E-state index is 12.5. The first-order chi connectivity index (χ1) is 8.08. The molecule has 6 heteroatoms. The van der Waals surface area contributed by atoms with Crippen LogP contribution in [0.4, 0.5) is 24.8 Å². The van der Waals surface area contributed by atoms with Crippen LogP contribution in [0.1, 0.15) is 32.8 Å². The van der Waals surface area contributed by atoms with Gasteiger partial charge < -0.3 is 11.1 Å². The molecule has 0 amide bonds.